The summed E-state index contributed by atoms with van der Waals surface area (Å²) in [5.41, 5.74) is -0.166. The van der Waals surface area contributed by atoms with Gasteiger partial charge in [-0.3, -0.25) is 9.59 Å². The Bertz CT molecular complexity index is 596. The van der Waals surface area contributed by atoms with Crippen molar-refractivity contribution in [3.63, 3.8) is 0 Å². The zero-order chi connectivity index (χ0) is 19.0. The van der Waals surface area contributed by atoms with Crippen LogP contribution in [0, 0.1) is 0 Å². The van der Waals surface area contributed by atoms with Gasteiger partial charge in [0.2, 0.25) is 0 Å². The molecule has 0 aromatic heterocycles. The van der Waals surface area contributed by atoms with Gasteiger partial charge < -0.3 is 19.7 Å². The molecular formula is C20H30N2O4. The van der Waals surface area contributed by atoms with Gasteiger partial charge >= 0.3 is 0 Å². The fraction of sp³-hybridized carbons (Fsp3) is 0.600. The van der Waals surface area contributed by atoms with Crippen LogP contribution in [0.2, 0.25) is 0 Å². The molecule has 0 spiro atoms. The highest BCUT2D eigenvalue weighted by Gasteiger charge is 2.32. The first-order chi connectivity index (χ1) is 12.5. The van der Waals surface area contributed by atoms with Gasteiger partial charge in [0.05, 0.1) is 0 Å². The van der Waals surface area contributed by atoms with Crippen LogP contribution in [0.25, 0.3) is 0 Å². The number of benzene rings is 1. The predicted octanol–water partition coefficient (Wildman–Crippen LogP) is 3.22. The van der Waals surface area contributed by atoms with Gasteiger partial charge in [-0.25, -0.2) is 0 Å². The molecule has 0 saturated carbocycles. The fourth-order valence-corrected chi connectivity index (χ4v) is 2.76. The van der Waals surface area contributed by atoms with Crippen molar-refractivity contribution in [1.29, 1.82) is 0 Å². The van der Waals surface area contributed by atoms with E-state index in [0.717, 1.165) is 32.4 Å². The van der Waals surface area contributed by atoms with Crippen LogP contribution in [0.3, 0.4) is 0 Å². The molecule has 26 heavy (non-hydrogen) atoms. The van der Waals surface area contributed by atoms with Gasteiger partial charge in [-0.2, -0.15) is 0 Å². The van der Waals surface area contributed by atoms with Crippen LogP contribution in [-0.4, -0.2) is 48.6 Å². The van der Waals surface area contributed by atoms with Crippen LogP contribution in [-0.2, 0) is 14.3 Å². The number of hydrogen-bond acceptors (Lipinski definition) is 4. The number of rotatable bonds is 9. The second kappa shape index (κ2) is 9.57. The van der Waals surface area contributed by atoms with Crippen LogP contribution < -0.4 is 10.1 Å². The molecule has 1 atom stereocenters. The lowest BCUT2D eigenvalue weighted by Gasteiger charge is -2.27. The van der Waals surface area contributed by atoms with E-state index in [2.05, 4.69) is 5.32 Å². The minimum absolute atomic E-state index is 0.0201. The number of nitrogens with one attached hydrogen (secondary N) is 1. The molecule has 1 aliphatic rings. The van der Waals surface area contributed by atoms with Crippen molar-refractivity contribution >= 4 is 17.5 Å². The van der Waals surface area contributed by atoms with E-state index in [1.54, 1.807) is 31.2 Å². The van der Waals surface area contributed by atoms with Crippen LogP contribution >= 0.6 is 0 Å². The first kappa shape index (κ1) is 20.2. The molecule has 0 aliphatic carbocycles. The van der Waals surface area contributed by atoms with Crippen molar-refractivity contribution in [2.24, 2.45) is 0 Å². The van der Waals surface area contributed by atoms with Crippen molar-refractivity contribution in [3.05, 3.63) is 24.3 Å². The van der Waals surface area contributed by atoms with E-state index in [-0.39, 0.29) is 18.4 Å². The zero-order valence-electron chi connectivity index (χ0n) is 16.0. The van der Waals surface area contributed by atoms with E-state index in [1.807, 2.05) is 18.7 Å². The van der Waals surface area contributed by atoms with E-state index in [1.165, 1.54) is 0 Å². The van der Waals surface area contributed by atoms with E-state index in [9.17, 15) is 9.59 Å². The van der Waals surface area contributed by atoms with Crippen molar-refractivity contribution in [2.75, 3.05) is 31.6 Å². The Balaban J connectivity index is 1.86. The van der Waals surface area contributed by atoms with Crippen molar-refractivity contribution in [1.82, 2.24) is 4.90 Å². The fourth-order valence-electron chi connectivity index (χ4n) is 2.76. The third-order valence-electron chi connectivity index (χ3n) is 4.71. The maximum Gasteiger partial charge on any atom is 0.260 e. The highest BCUT2D eigenvalue weighted by Crippen LogP contribution is 2.21. The second-order valence-electron chi connectivity index (χ2n) is 6.79. The Morgan fingerprint density at radius 1 is 1.15 bits per heavy atom. The van der Waals surface area contributed by atoms with Crippen LogP contribution in [0.15, 0.2) is 24.3 Å². The Hall–Kier alpha value is -2.08. The average molecular weight is 362 g/mol. The molecule has 1 aromatic rings. The molecular weight excluding hydrogens is 332 g/mol. The first-order valence-electron chi connectivity index (χ1n) is 9.44. The van der Waals surface area contributed by atoms with Gasteiger partial charge in [0, 0.05) is 25.4 Å². The van der Waals surface area contributed by atoms with Gasteiger partial charge in [0.15, 0.2) is 6.61 Å². The summed E-state index contributed by atoms with van der Waals surface area (Å²) in [4.78, 5) is 26.3. The Kier molecular flexibility index (Phi) is 7.45. The van der Waals surface area contributed by atoms with Crippen molar-refractivity contribution < 1.29 is 19.1 Å². The van der Waals surface area contributed by atoms with E-state index in [4.69, 9.17) is 9.47 Å². The third-order valence-corrected chi connectivity index (χ3v) is 4.71. The molecule has 2 rings (SSSR count). The highest BCUT2D eigenvalue weighted by molar-refractivity contribution is 5.97. The number of amides is 2. The summed E-state index contributed by atoms with van der Waals surface area (Å²) >= 11 is 0. The average Bonchev–Trinajstić information content (AvgIpc) is 3.20. The van der Waals surface area contributed by atoms with Gasteiger partial charge in [-0.1, -0.05) is 13.8 Å². The largest absolute Gasteiger partial charge is 0.484 e. The van der Waals surface area contributed by atoms with Crippen LogP contribution in [0.1, 0.15) is 46.5 Å². The molecule has 144 valence electrons. The first-order valence-corrected chi connectivity index (χ1v) is 9.44. The van der Waals surface area contributed by atoms with Crippen molar-refractivity contribution in [2.45, 2.75) is 52.1 Å². The van der Waals surface area contributed by atoms with Gasteiger partial charge in [0.25, 0.3) is 11.8 Å². The number of likely N-dealkylation sites (tertiary alicyclic amines) is 1. The molecule has 6 heteroatoms. The summed E-state index contributed by atoms with van der Waals surface area (Å²) in [6.07, 6.45) is 3.60. The minimum Gasteiger partial charge on any atom is -0.484 e. The number of anilines is 1. The van der Waals surface area contributed by atoms with Gasteiger partial charge in [-0.15, -0.1) is 0 Å². The molecule has 1 N–H and O–H groups in total. The Morgan fingerprint density at radius 2 is 1.81 bits per heavy atom. The molecule has 6 nitrogen and oxygen atoms in total. The van der Waals surface area contributed by atoms with Gasteiger partial charge in [0.1, 0.15) is 11.4 Å². The molecule has 0 unspecified atom stereocenters. The molecule has 1 fully saturated rings. The topological polar surface area (TPSA) is 67.9 Å². The molecule has 1 saturated heterocycles. The van der Waals surface area contributed by atoms with Crippen LogP contribution in [0.5, 0.6) is 5.75 Å². The number of carbonyl (C=O) groups is 2. The lowest BCUT2D eigenvalue weighted by molar-refractivity contribution is -0.139. The highest BCUT2D eigenvalue weighted by atomic mass is 16.5. The summed E-state index contributed by atoms with van der Waals surface area (Å²) in [5, 5.41) is 2.88. The summed E-state index contributed by atoms with van der Waals surface area (Å²) < 4.78 is 11.3. The quantitative estimate of drug-likeness (QED) is 0.732. The Labute approximate surface area is 155 Å². The van der Waals surface area contributed by atoms with Crippen molar-refractivity contribution in [3.8, 4) is 5.75 Å². The lowest BCUT2D eigenvalue weighted by Crippen LogP contribution is -2.42. The SMILES string of the molecule is CCCO[C@](C)(CC)C(=O)Nc1ccc(OCC(=O)N2CCCC2)cc1. The van der Waals surface area contributed by atoms with E-state index >= 15 is 0 Å². The molecule has 1 heterocycles. The normalized spacial score (nSPS) is 16.2. The monoisotopic (exact) mass is 362 g/mol. The maximum atomic E-state index is 12.5. The molecule has 2 amide bonds. The summed E-state index contributed by atoms with van der Waals surface area (Å²) in [5.74, 6) is 0.467. The molecule has 0 bridgehead atoms. The number of hydrogen-bond donors (Lipinski definition) is 1. The van der Waals surface area contributed by atoms with E-state index in [0.29, 0.717) is 24.5 Å². The summed E-state index contributed by atoms with van der Waals surface area (Å²) in [6, 6.07) is 7.04. The molecule has 1 aromatic carbocycles. The number of carbonyl (C=O) groups excluding carboxylic acids is 2. The van der Waals surface area contributed by atoms with Crippen LogP contribution in [0.4, 0.5) is 5.69 Å². The molecule has 1 aliphatic heterocycles. The van der Waals surface area contributed by atoms with E-state index < -0.39 is 5.60 Å². The standard InChI is InChI=1S/C20H30N2O4/c1-4-14-26-20(3,5-2)19(24)21-16-8-10-17(11-9-16)25-15-18(23)22-12-6-7-13-22/h8-11H,4-7,12-15H2,1-3H3,(H,21,24)/t20-/m1/s1. The maximum absolute atomic E-state index is 12.5. The minimum atomic E-state index is -0.840. The summed E-state index contributed by atoms with van der Waals surface area (Å²) in [7, 11) is 0. The number of nitrogens with zero attached hydrogens (tertiary/aromatic N) is 1. The van der Waals surface area contributed by atoms with Gasteiger partial charge in [-0.05, 0) is 56.9 Å². The number of ether oxygens (including phenoxy) is 2. The smallest absolute Gasteiger partial charge is 0.260 e. The predicted molar refractivity (Wildman–Crippen MR) is 101 cm³/mol. The molecule has 0 radical (unpaired) electrons. The Morgan fingerprint density at radius 3 is 2.38 bits per heavy atom. The third kappa shape index (κ3) is 5.46. The lowest BCUT2D eigenvalue weighted by atomic mass is 10.0. The zero-order valence-corrected chi connectivity index (χ0v) is 16.0. The summed E-state index contributed by atoms with van der Waals surface area (Å²) in [6.45, 7) is 8.00. The second-order valence-corrected chi connectivity index (χ2v) is 6.79.